The van der Waals surface area contributed by atoms with Gasteiger partial charge < -0.3 is 15.4 Å². The third kappa shape index (κ3) is 1.49. The van der Waals surface area contributed by atoms with Crippen molar-refractivity contribution in [3.63, 3.8) is 0 Å². The predicted molar refractivity (Wildman–Crippen MR) is 55.3 cm³/mol. The van der Waals surface area contributed by atoms with E-state index in [0.29, 0.717) is 13.0 Å². The molecule has 0 saturated carbocycles. The standard InChI is InChI=1S/C10H12N4O/c15-6-3-8(12-4-6)10-13-7-1-2-11-5-9(7)14-10/h1-2,5-6,8,12,15H,3-4H2,(H,13,14)/t6-,8-/m0/s1. The largest absolute Gasteiger partial charge is 0.392 e. The Morgan fingerprint density at radius 3 is 3.13 bits per heavy atom. The summed E-state index contributed by atoms with van der Waals surface area (Å²) < 4.78 is 0. The summed E-state index contributed by atoms with van der Waals surface area (Å²) in [5.41, 5.74) is 1.86. The first kappa shape index (κ1) is 8.82. The zero-order valence-corrected chi connectivity index (χ0v) is 8.14. The fourth-order valence-electron chi connectivity index (χ4n) is 1.97. The number of rotatable bonds is 1. The summed E-state index contributed by atoms with van der Waals surface area (Å²) in [4.78, 5) is 11.7. The SMILES string of the molecule is O[C@@H]1CN[C@H](c2nc3ccncc3[nH]2)C1. The lowest BCUT2D eigenvalue weighted by molar-refractivity contribution is 0.193. The van der Waals surface area contributed by atoms with Crippen LogP contribution >= 0.6 is 0 Å². The Balaban J connectivity index is 1.98. The van der Waals surface area contributed by atoms with Crippen molar-refractivity contribution in [2.24, 2.45) is 0 Å². The first-order valence-corrected chi connectivity index (χ1v) is 5.04. The number of pyridine rings is 1. The molecule has 78 valence electrons. The van der Waals surface area contributed by atoms with E-state index in [0.717, 1.165) is 16.9 Å². The molecule has 3 N–H and O–H groups in total. The number of nitrogens with one attached hydrogen (secondary N) is 2. The third-order valence-corrected chi connectivity index (χ3v) is 2.74. The van der Waals surface area contributed by atoms with Crippen molar-refractivity contribution < 1.29 is 5.11 Å². The smallest absolute Gasteiger partial charge is 0.124 e. The Kier molecular flexibility index (Phi) is 1.93. The van der Waals surface area contributed by atoms with E-state index < -0.39 is 0 Å². The number of nitrogens with zero attached hydrogens (tertiary/aromatic N) is 2. The molecular formula is C10H12N4O. The van der Waals surface area contributed by atoms with Gasteiger partial charge in [0, 0.05) is 12.7 Å². The molecule has 15 heavy (non-hydrogen) atoms. The number of H-pyrrole nitrogens is 1. The number of hydrogen-bond donors (Lipinski definition) is 3. The summed E-state index contributed by atoms with van der Waals surface area (Å²) in [6.45, 7) is 0.639. The highest BCUT2D eigenvalue weighted by Crippen LogP contribution is 2.22. The molecule has 0 bridgehead atoms. The zero-order valence-electron chi connectivity index (χ0n) is 8.14. The molecule has 3 rings (SSSR count). The first-order chi connectivity index (χ1) is 7.33. The van der Waals surface area contributed by atoms with Crippen molar-refractivity contribution in [3.05, 3.63) is 24.3 Å². The van der Waals surface area contributed by atoms with Crippen molar-refractivity contribution in [2.45, 2.75) is 18.6 Å². The minimum absolute atomic E-state index is 0.132. The van der Waals surface area contributed by atoms with Crippen LogP contribution in [-0.4, -0.2) is 32.7 Å². The number of β-amino-alcohol motifs (C(OH)–C–C–N with tert-alkyl or cyclic N) is 1. The van der Waals surface area contributed by atoms with E-state index in [2.05, 4.69) is 20.3 Å². The van der Waals surface area contributed by atoms with Crippen molar-refractivity contribution >= 4 is 11.0 Å². The van der Waals surface area contributed by atoms with Crippen molar-refractivity contribution in [1.29, 1.82) is 0 Å². The van der Waals surface area contributed by atoms with Gasteiger partial charge in [-0.05, 0) is 12.5 Å². The number of hydrogen-bond acceptors (Lipinski definition) is 4. The minimum atomic E-state index is -0.263. The molecule has 5 nitrogen and oxygen atoms in total. The molecule has 2 aromatic heterocycles. The molecule has 1 saturated heterocycles. The van der Waals surface area contributed by atoms with Gasteiger partial charge in [0.25, 0.3) is 0 Å². The molecule has 0 aromatic carbocycles. The van der Waals surface area contributed by atoms with E-state index >= 15 is 0 Å². The van der Waals surface area contributed by atoms with Crippen molar-refractivity contribution in [3.8, 4) is 0 Å². The predicted octanol–water partition coefficient (Wildman–Crippen LogP) is 0.353. The maximum Gasteiger partial charge on any atom is 0.124 e. The Hall–Kier alpha value is -1.46. The number of aromatic amines is 1. The Labute approximate surface area is 86.6 Å². The van der Waals surface area contributed by atoms with Gasteiger partial charge in [-0.25, -0.2) is 4.98 Å². The fraction of sp³-hybridized carbons (Fsp3) is 0.400. The van der Waals surface area contributed by atoms with Crippen LogP contribution in [0, 0.1) is 0 Å². The van der Waals surface area contributed by atoms with Crippen LogP contribution in [0.15, 0.2) is 18.5 Å². The van der Waals surface area contributed by atoms with Crippen molar-refractivity contribution in [1.82, 2.24) is 20.3 Å². The molecule has 0 amide bonds. The maximum atomic E-state index is 9.42. The van der Waals surface area contributed by atoms with Crippen LogP contribution in [0.1, 0.15) is 18.3 Å². The second-order valence-electron chi connectivity index (χ2n) is 3.87. The summed E-state index contributed by atoms with van der Waals surface area (Å²) in [5.74, 6) is 0.884. The molecule has 0 radical (unpaired) electrons. The summed E-state index contributed by atoms with van der Waals surface area (Å²) in [5, 5.41) is 12.6. The number of aliphatic hydroxyl groups excluding tert-OH is 1. The van der Waals surface area contributed by atoms with Gasteiger partial charge in [-0.15, -0.1) is 0 Å². The molecule has 3 heterocycles. The molecule has 1 aliphatic rings. The second kappa shape index (κ2) is 3.29. The van der Waals surface area contributed by atoms with Crippen LogP contribution < -0.4 is 5.32 Å². The summed E-state index contributed by atoms with van der Waals surface area (Å²) in [6.07, 6.45) is 3.94. The lowest BCUT2D eigenvalue weighted by Crippen LogP contribution is -2.15. The van der Waals surface area contributed by atoms with E-state index in [-0.39, 0.29) is 12.1 Å². The van der Waals surface area contributed by atoms with Gasteiger partial charge in [-0.2, -0.15) is 0 Å². The van der Waals surface area contributed by atoms with Crippen molar-refractivity contribution in [2.75, 3.05) is 6.54 Å². The summed E-state index contributed by atoms with van der Waals surface area (Å²) in [7, 11) is 0. The molecule has 0 aliphatic carbocycles. The lowest BCUT2D eigenvalue weighted by Gasteiger charge is -2.04. The number of fused-ring (bicyclic) bond motifs is 1. The average molecular weight is 204 g/mol. The van der Waals surface area contributed by atoms with E-state index in [1.807, 2.05) is 6.07 Å². The molecule has 0 spiro atoms. The van der Waals surface area contributed by atoms with Gasteiger partial charge in [-0.3, -0.25) is 4.98 Å². The van der Waals surface area contributed by atoms with Crippen LogP contribution in [-0.2, 0) is 0 Å². The highest BCUT2D eigenvalue weighted by molar-refractivity contribution is 5.73. The van der Waals surface area contributed by atoms with Crippen LogP contribution in [0.3, 0.4) is 0 Å². The maximum absolute atomic E-state index is 9.42. The normalized spacial score (nSPS) is 26.2. The number of aromatic nitrogens is 3. The van der Waals surface area contributed by atoms with Crippen LogP contribution in [0.2, 0.25) is 0 Å². The van der Waals surface area contributed by atoms with E-state index in [9.17, 15) is 5.11 Å². The second-order valence-corrected chi connectivity index (χ2v) is 3.87. The van der Waals surface area contributed by atoms with E-state index in [4.69, 9.17) is 0 Å². The van der Waals surface area contributed by atoms with Gasteiger partial charge in [-0.1, -0.05) is 0 Å². The van der Waals surface area contributed by atoms with Gasteiger partial charge in [0.1, 0.15) is 5.82 Å². The Bertz CT molecular complexity index is 448. The molecule has 0 unspecified atom stereocenters. The number of imidazole rings is 1. The minimum Gasteiger partial charge on any atom is -0.392 e. The number of aliphatic hydroxyl groups is 1. The van der Waals surface area contributed by atoms with Gasteiger partial charge >= 0.3 is 0 Å². The zero-order chi connectivity index (χ0) is 10.3. The topological polar surface area (TPSA) is 73.8 Å². The van der Waals surface area contributed by atoms with E-state index in [1.54, 1.807) is 12.4 Å². The molecule has 5 heteroatoms. The van der Waals surface area contributed by atoms with Gasteiger partial charge in [0.05, 0.1) is 29.4 Å². The van der Waals surface area contributed by atoms with Crippen LogP contribution in [0.5, 0.6) is 0 Å². The van der Waals surface area contributed by atoms with Crippen LogP contribution in [0.4, 0.5) is 0 Å². The Morgan fingerprint density at radius 2 is 2.40 bits per heavy atom. The molecule has 2 aromatic rings. The molecule has 1 aliphatic heterocycles. The monoisotopic (exact) mass is 204 g/mol. The highest BCUT2D eigenvalue weighted by Gasteiger charge is 2.25. The summed E-state index contributed by atoms with van der Waals surface area (Å²) >= 11 is 0. The quantitative estimate of drug-likeness (QED) is 0.626. The third-order valence-electron chi connectivity index (χ3n) is 2.74. The average Bonchev–Trinajstić information content (AvgIpc) is 2.82. The fourth-order valence-corrected chi connectivity index (χ4v) is 1.97. The van der Waals surface area contributed by atoms with Crippen LogP contribution in [0.25, 0.3) is 11.0 Å². The lowest BCUT2D eigenvalue weighted by atomic mass is 10.2. The first-order valence-electron chi connectivity index (χ1n) is 5.04. The molecular weight excluding hydrogens is 192 g/mol. The molecule has 1 fully saturated rings. The summed E-state index contributed by atoms with van der Waals surface area (Å²) in [6, 6.07) is 2.01. The highest BCUT2D eigenvalue weighted by atomic mass is 16.3. The van der Waals surface area contributed by atoms with E-state index in [1.165, 1.54) is 0 Å². The molecule has 2 atom stereocenters. The van der Waals surface area contributed by atoms with Gasteiger partial charge in [0.2, 0.25) is 0 Å². The van der Waals surface area contributed by atoms with Gasteiger partial charge in [0.15, 0.2) is 0 Å². The Morgan fingerprint density at radius 1 is 1.47 bits per heavy atom.